The van der Waals surface area contributed by atoms with E-state index in [2.05, 4.69) is 3.53 Å². The van der Waals surface area contributed by atoms with Gasteiger partial charge in [-0.1, -0.05) is 0 Å². The van der Waals surface area contributed by atoms with Crippen LogP contribution >= 0.6 is 20.1 Å². The fourth-order valence-corrected chi connectivity index (χ4v) is 3.60. The Morgan fingerprint density at radius 1 is 1.42 bits per heavy atom. The zero-order valence-corrected chi connectivity index (χ0v) is 9.46. The van der Waals surface area contributed by atoms with E-state index in [-0.39, 0.29) is 12.2 Å². The fraction of sp³-hybridized carbons (Fsp3) is 0.833. The van der Waals surface area contributed by atoms with E-state index in [1.165, 1.54) is 0 Å². The molecule has 70 valence electrons. The van der Waals surface area contributed by atoms with Crippen LogP contribution in [0.25, 0.3) is 0 Å². The van der Waals surface area contributed by atoms with Gasteiger partial charge in [-0.25, -0.2) is 0 Å². The van der Waals surface area contributed by atoms with E-state index in [1.807, 2.05) is 0 Å². The van der Waals surface area contributed by atoms with Crippen LogP contribution in [0.3, 0.4) is 0 Å². The van der Waals surface area contributed by atoms with Crippen molar-refractivity contribution in [2.45, 2.75) is 6.32 Å². The molecule has 0 atom stereocenters. The van der Waals surface area contributed by atoms with E-state index >= 15 is 0 Å². The Morgan fingerprint density at radius 2 is 1.92 bits per heavy atom. The molecule has 1 amide bonds. The number of methoxy groups -OCH3 is 2. The monoisotopic (exact) mass is 285 g/mol. The summed E-state index contributed by atoms with van der Waals surface area (Å²) in [7, 11) is 8.36. The van der Waals surface area contributed by atoms with Crippen molar-refractivity contribution >= 4 is 33.8 Å². The first-order valence-corrected chi connectivity index (χ1v) is 7.46. The van der Waals surface area contributed by atoms with Crippen molar-refractivity contribution in [3.63, 3.8) is 0 Å². The second-order valence-electron chi connectivity index (χ2n) is 1.97. The van der Waals surface area contributed by atoms with Gasteiger partial charge in [-0.15, -0.1) is 0 Å². The summed E-state index contributed by atoms with van der Waals surface area (Å²) in [6.07, 6.45) is 0.0292. The maximum atomic E-state index is 10.9. The first-order chi connectivity index (χ1) is 5.74. The molecule has 4 nitrogen and oxygen atoms in total. The first kappa shape index (κ1) is 12.2. The van der Waals surface area contributed by atoms with E-state index in [0.717, 1.165) is 0 Å². The van der Waals surface area contributed by atoms with Crippen molar-refractivity contribution in [1.82, 2.24) is 3.53 Å². The molecule has 0 aliphatic heterocycles. The molecule has 0 rings (SSSR count). The van der Waals surface area contributed by atoms with Gasteiger partial charge in [0.2, 0.25) is 0 Å². The third kappa shape index (κ3) is 5.79. The summed E-state index contributed by atoms with van der Waals surface area (Å²) in [6.45, 7) is 0. The molecule has 0 aromatic heterocycles. The van der Waals surface area contributed by atoms with Crippen molar-refractivity contribution in [2.24, 2.45) is 0 Å². The Kier molecular flexibility index (Phi) is 7.93. The van der Waals surface area contributed by atoms with Crippen molar-refractivity contribution in [3.05, 3.63) is 0 Å². The average Bonchev–Trinajstić information content (AvgIpc) is 2.05. The molecule has 2 radical (unpaired) electrons. The van der Waals surface area contributed by atoms with Crippen LogP contribution in [0.5, 0.6) is 0 Å². The summed E-state index contributed by atoms with van der Waals surface area (Å²) in [5, 5.41) is 0. The predicted octanol–water partition coefficient (Wildman–Crippen LogP) is 0.319. The zero-order chi connectivity index (χ0) is 9.40. The number of carbonyl (C=O) groups excluding carboxylic acids is 1. The van der Waals surface area contributed by atoms with Crippen LogP contribution in [0.2, 0.25) is 6.32 Å². The van der Waals surface area contributed by atoms with Crippen molar-refractivity contribution in [3.8, 4) is 0 Å². The fourth-order valence-electron chi connectivity index (χ4n) is 0.537. The van der Waals surface area contributed by atoms with Crippen LogP contribution in [0.1, 0.15) is 0 Å². The molecule has 0 saturated heterocycles. The zero-order valence-electron chi connectivity index (χ0n) is 7.30. The summed E-state index contributed by atoms with van der Waals surface area (Å²) in [6, 6.07) is 0. The molecule has 0 aromatic carbocycles. The molecule has 12 heavy (non-hydrogen) atoms. The average molecular weight is 285 g/mol. The third-order valence-corrected chi connectivity index (χ3v) is 5.02. The predicted molar refractivity (Wildman–Crippen MR) is 56.5 cm³/mol. The number of nitrogens with one attached hydrogen (secondary N) is 1. The van der Waals surface area contributed by atoms with E-state index in [4.69, 9.17) is 17.3 Å². The molecule has 1 N–H and O–H groups in total. The van der Waals surface area contributed by atoms with Crippen LogP contribution in [0, 0.1) is 0 Å². The molecule has 0 aromatic rings. The van der Waals surface area contributed by atoms with Gasteiger partial charge in [-0.2, -0.15) is 0 Å². The second kappa shape index (κ2) is 7.81. The Labute approximate surface area is 81.5 Å². The van der Waals surface area contributed by atoms with Gasteiger partial charge in [-0.3, -0.25) is 0 Å². The van der Waals surface area contributed by atoms with Gasteiger partial charge in [0.05, 0.1) is 0 Å². The van der Waals surface area contributed by atoms with Crippen LogP contribution in [-0.4, -0.2) is 37.2 Å². The topological polar surface area (TPSA) is 47.6 Å². The molecule has 0 aliphatic carbocycles. The van der Waals surface area contributed by atoms with Crippen molar-refractivity contribution in [2.75, 3.05) is 23.4 Å². The molecule has 0 spiro atoms. The number of ether oxygens (including phenoxy) is 2. The Morgan fingerprint density at radius 3 is 2.25 bits per heavy atom. The molecule has 0 fully saturated rings. The van der Waals surface area contributed by atoms with Gasteiger partial charge in [-0.05, 0) is 0 Å². The Balaban J connectivity index is 3.68. The minimum absolute atomic E-state index is 0.0292. The second-order valence-corrected chi connectivity index (χ2v) is 6.36. The van der Waals surface area contributed by atoms with Crippen molar-refractivity contribution < 1.29 is 14.3 Å². The summed E-state index contributed by atoms with van der Waals surface area (Å²) < 4.78 is 13.9. The molecule has 6 heteroatoms. The van der Waals surface area contributed by atoms with Crippen LogP contribution in [0.15, 0.2) is 0 Å². The van der Waals surface area contributed by atoms with E-state index in [9.17, 15) is 4.79 Å². The molecular weight excluding hydrogens is 272 g/mol. The summed E-state index contributed by atoms with van der Waals surface area (Å²) in [4.78, 5) is 10.9. The van der Waals surface area contributed by atoms with E-state index in [0.29, 0.717) is 9.23 Å². The van der Waals surface area contributed by atoms with Gasteiger partial charge in [0.1, 0.15) is 0 Å². The molecular formula is C6H13BINO3. The first-order valence-electron chi connectivity index (χ1n) is 3.33. The number of hydrogen-bond acceptors (Lipinski definition) is 3. The summed E-state index contributed by atoms with van der Waals surface area (Å²) in [5.74, 6) is -0.130. The van der Waals surface area contributed by atoms with Gasteiger partial charge in [0.25, 0.3) is 0 Å². The number of amides is 1. The molecule has 0 saturated carbocycles. The molecule has 0 heterocycles. The Bertz CT molecular complexity index is 130. The Hall–Kier alpha value is 0.185. The van der Waals surface area contributed by atoms with E-state index in [1.54, 1.807) is 14.2 Å². The number of rotatable bonds is 6. The molecule has 0 aliphatic rings. The number of halogens is 1. The number of hydrogen-bond donors (Lipinski definition) is 1. The molecule has 0 bridgehead atoms. The molecule has 0 unspecified atom stereocenters. The van der Waals surface area contributed by atoms with Gasteiger partial charge < -0.3 is 0 Å². The number of alkyl halides is 2. The number of carbonyl (C=O) groups is 1. The third-order valence-electron chi connectivity index (χ3n) is 0.906. The maximum absolute atomic E-state index is 10.9. The summed E-state index contributed by atoms with van der Waals surface area (Å²) >= 11 is -1.60. The van der Waals surface area contributed by atoms with Crippen LogP contribution in [-0.2, 0) is 14.3 Å². The quantitative estimate of drug-likeness (QED) is 0.331. The minimum atomic E-state index is -1.60. The van der Waals surface area contributed by atoms with Gasteiger partial charge in [0, 0.05) is 0 Å². The van der Waals surface area contributed by atoms with Crippen LogP contribution < -0.4 is 3.53 Å². The SMILES string of the molecule is [B]CC(=O)NI(COC)COC. The van der Waals surface area contributed by atoms with Gasteiger partial charge in [0.15, 0.2) is 0 Å². The van der Waals surface area contributed by atoms with Crippen molar-refractivity contribution in [1.29, 1.82) is 0 Å². The van der Waals surface area contributed by atoms with Gasteiger partial charge >= 0.3 is 81.4 Å². The van der Waals surface area contributed by atoms with Crippen LogP contribution in [0.4, 0.5) is 0 Å². The van der Waals surface area contributed by atoms with E-state index < -0.39 is 20.1 Å². The normalized spacial score (nSPS) is 11.0. The summed E-state index contributed by atoms with van der Waals surface area (Å²) in [5.41, 5.74) is 0. The standard InChI is InChI=1S/C6H13BINO3/c1-11-4-8(5-12-2)9-6(10)3-7/h3-5H2,1-2H3,(H,9,10).